The fourth-order valence-corrected chi connectivity index (χ4v) is 2.79. The fourth-order valence-electron chi connectivity index (χ4n) is 2.59. The average Bonchev–Trinajstić information content (AvgIpc) is 3.12. The lowest BCUT2D eigenvalue weighted by molar-refractivity contribution is 0.102. The molecule has 3 aromatic rings. The van der Waals surface area contributed by atoms with Crippen LogP contribution in [-0.4, -0.2) is 17.7 Å². The first-order valence-corrected chi connectivity index (χ1v) is 8.26. The van der Waals surface area contributed by atoms with Crippen molar-refractivity contribution in [3.63, 3.8) is 0 Å². The molecule has 2 N–H and O–H groups in total. The molecule has 0 bridgehead atoms. The van der Waals surface area contributed by atoms with Gasteiger partial charge in [0, 0.05) is 11.4 Å². The summed E-state index contributed by atoms with van der Waals surface area (Å²) in [6.07, 6.45) is 0. The van der Waals surface area contributed by atoms with Crippen molar-refractivity contribution >= 4 is 34.6 Å². The minimum atomic E-state index is -0.348. The summed E-state index contributed by atoms with van der Waals surface area (Å²) < 4.78 is 10.8. The van der Waals surface area contributed by atoms with Gasteiger partial charge in [0.05, 0.1) is 5.69 Å². The number of rotatable bonds is 4. The number of benzene rings is 2. The average molecular weight is 368 g/mol. The van der Waals surface area contributed by atoms with Crippen LogP contribution in [0.2, 0.25) is 5.15 Å². The predicted octanol–water partition coefficient (Wildman–Crippen LogP) is 4.46. The highest BCUT2D eigenvalue weighted by Gasteiger charge is 2.18. The number of para-hydroxylation sites is 2. The minimum Gasteiger partial charge on any atom is -0.454 e. The summed E-state index contributed by atoms with van der Waals surface area (Å²) in [6, 6.07) is 17.9. The van der Waals surface area contributed by atoms with E-state index in [1.54, 1.807) is 24.3 Å². The zero-order chi connectivity index (χ0) is 17.9. The van der Waals surface area contributed by atoms with Crippen molar-refractivity contribution in [2.75, 3.05) is 17.4 Å². The monoisotopic (exact) mass is 367 g/mol. The van der Waals surface area contributed by atoms with Crippen molar-refractivity contribution in [2.45, 2.75) is 0 Å². The lowest BCUT2D eigenvalue weighted by Crippen LogP contribution is -2.14. The van der Waals surface area contributed by atoms with Gasteiger partial charge >= 0.3 is 0 Å². The number of hydrogen-bond donors (Lipinski definition) is 2. The summed E-state index contributed by atoms with van der Waals surface area (Å²) >= 11 is 6.09. The van der Waals surface area contributed by atoms with Crippen LogP contribution in [0.5, 0.6) is 11.5 Å². The number of hydrogen-bond acceptors (Lipinski definition) is 5. The molecule has 1 aliphatic heterocycles. The Bertz CT molecular complexity index is 963. The van der Waals surface area contributed by atoms with Gasteiger partial charge in [0.15, 0.2) is 11.5 Å². The summed E-state index contributed by atoms with van der Waals surface area (Å²) in [5.41, 5.74) is 2.22. The normalized spacial score (nSPS) is 11.9. The highest BCUT2D eigenvalue weighted by atomic mass is 35.5. The first-order chi connectivity index (χ1) is 12.7. The van der Waals surface area contributed by atoms with Crippen LogP contribution in [0, 0.1) is 0 Å². The number of pyridine rings is 1. The number of nitrogens with one attached hydrogen (secondary N) is 2. The number of nitrogens with zero attached hydrogens (tertiary/aromatic N) is 1. The second-order valence-electron chi connectivity index (χ2n) is 5.55. The van der Waals surface area contributed by atoms with Crippen LogP contribution in [0.15, 0.2) is 60.7 Å². The zero-order valence-electron chi connectivity index (χ0n) is 13.5. The number of ether oxygens (including phenoxy) is 2. The Morgan fingerprint density at radius 2 is 1.85 bits per heavy atom. The van der Waals surface area contributed by atoms with E-state index < -0.39 is 0 Å². The third kappa shape index (κ3) is 3.41. The lowest BCUT2D eigenvalue weighted by Gasteiger charge is -2.11. The van der Waals surface area contributed by atoms with Crippen LogP contribution in [0.4, 0.5) is 17.1 Å². The molecule has 0 fully saturated rings. The van der Waals surface area contributed by atoms with E-state index in [0.29, 0.717) is 22.9 Å². The molecule has 2 heterocycles. The van der Waals surface area contributed by atoms with Crippen LogP contribution in [0.1, 0.15) is 10.5 Å². The van der Waals surface area contributed by atoms with Crippen molar-refractivity contribution in [3.8, 4) is 11.5 Å². The summed E-state index contributed by atoms with van der Waals surface area (Å²) in [5.74, 6) is 0.938. The Hall–Kier alpha value is -3.25. The standard InChI is InChI=1S/C19H14ClN3O3/c20-17-10-13(21-14-7-4-8-16-18(14)26-11-25-16)9-15(23-17)19(24)22-12-5-2-1-3-6-12/h1-10H,11H2,(H,21,23)(H,22,24). The Labute approximate surface area is 154 Å². The molecule has 0 spiro atoms. The van der Waals surface area contributed by atoms with E-state index in [-0.39, 0.29) is 23.5 Å². The smallest absolute Gasteiger partial charge is 0.274 e. The lowest BCUT2D eigenvalue weighted by atomic mass is 10.2. The molecule has 0 saturated heterocycles. The van der Waals surface area contributed by atoms with Gasteiger partial charge in [-0.3, -0.25) is 4.79 Å². The summed E-state index contributed by atoms with van der Waals surface area (Å²) in [6.45, 7) is 0.176. The van der Waals surface area contributed by atoms with E-state index in [1.807, 2.05) is 36.4 Å². The second kappa shape index (κ2) is 6.93. The predicted molar refractivity (Wildman–Crippen MR) is 99.5 cm³/mol. The number of carbonyl (C=O) groups excluding carboxylic acids is 1. The Kier molecular flexibility index (Phi) is 4.33. The van der Waals surface area contributed by atoms with E-state index in [1.165, 1.54) is 0 Å². The maximum absolute atomic E-state index is 12.5. The number of amides is 1. The molecule has 0 atom stereocenters. The van der Waals surface area contributed by atoms with Gasteiger partial charge in [0.2, 0.25) is 6.79 Å². The minimum absolute atomic E-state index is 0.176. The van der Waals surface area contributed by atoms with Gasteiger partial charge in [-0.15, -0.1) is 0 Å². The molecule has 7 heteroatoms. The van der Waals surface area contributed by atoms with Crippen molar-refractivity contribution in [1.29, 1.82) is 0 Å². The maximum Gasteiger partial charge on any atom is 0.274 e. The molecule has 1 amide bonds. The molecule has 0 unspecified atom stereocenters. The molecule has 0 saturated carbocycles. The first kappa shape index (κ1) is 16.2. The van der Waals surface area contributed by atoms with Gasteiger partial charge < -0.3 is 20.1 Å². The summed E-state index contributed by atoms with van der Waals surface area (Å²) in [4.78, 5) is 16.6. The molecule has 6 nitrogen and oxygen atoms in total. The molecule has 1 aliphatic rings. The van der Waals surface area contributed by atoms with Crippen LogP contribution < -0.4 is 20.1 Å². The zero-order valence-corrected chi connectivity index (χ0v) is 14.3. The quantitative estimate of drug-likeness (QED) is 0.666. The molecule has 4 rings (SSSR count). The van der Waals surface area contributed by atoms with Crippen LogP contribution >= 0.6 is 11.6 Å². The van der Waals surface area contributed by atoms with Crippen molar-refractivity contribution in [3.05, 3.63) is 71.5 Å². The van der Waals surface area contributed by atoms with E-state index in [9.17, 15) is 4.79 Å². The molecular formula is C19H14ClN3O3. The van der Waals surface area contributed by atoms with Gasteiger partial charge in [-0.25, -0.2) is 4.98 Å². The summed E-state index contributed by atoms with van der Waals surface area (Å²) in [7, 11) is 0. The molecule has 1 aromatic heterocycles. The molecule has 26 heavy (non-hydrogen) atoms. The van der Waals surface area contributed by atoms with Gasteiger partial charge in [-0.2, -0.15) is 0 Å². The first-order valence-electron chi connectivity index (χ1n) is 7.89. The van der Waals surface area contributed by atoms with Gasteiger partial charge in [-0.1, -0.05) is 35.9 Å². The maximum atomic E-state index is 12.5. The number of fused-ring (bicyclic) bond motifs is 1. The van der Waals surface area contributed by atoms with Crippen molar-refractivity contribution in [2.24, 2.45) is 0 Å². The summed E-state index contributed by atoms with van der Waals surface area (Å²) in [5, 5.41) is 6.19. The number of anilines is 3. The van der Waals surface area contributed by atoms with Gasteiger partial charge in [0.25, 0.3) is 5.91 Å². The molecule has 0 radical (unpaired) electrons. The molecule has 0 aliphatic carbocycles. The Morgan fingerprint density at radius 1 is 1.00 bits per heavy atom. The molecule has 2 aromatic carbocycles. The van der Waals surface area contributed by atoms with Gasteiger partial charge in [-0.05, 0) is 36.4 Å². The van der Waals surface area contributed by atoms with Crippen molar-refractivity contribution in [1.82, 2.24) is 4.98 Å². The highest BCUT2D eigenvalue weighted by Crippen LogP contribution is 2.40. The second-order valence-corrected chi connectivity index (χ2v) is 5.94. The largest absolute Gasteiger partial charge is 0.454 e. The number of aromatic nitrogens is 1. The van der Waals surface area contributed by atoms with Crippen LogP contribution in [0.3, 0.4) is 0 Å². The Morgan fingerprint density at radius 3 is 2.69 bits per heavy atom. The topological polar surface area (TPSA) is 72.5 Å². The van der Waals surface area contributed by atoms with E-state index in [4.69, 9.17) is 21.1 Å². The van der Waals surface area contributed by atoms with Crippen LogP contribution in [0.25, 0.3) is 0 Å². The van der Waals surface area contributed by atoms with Crippen LogP contribution in [-0.2, 0) is 0 Å². The third-order valence-electron chi connectivity index (χ3n) is 3.73. The SMILES string of the molecule is O=C(Nc1ccccc1)c1cc(Nc2cccc3c2OCO3)cc(Cl)n1. The third-order valence-corrected chi connectivity index (χ3v) is 3.93. The molecule has 130 valence electrons. The highest BCUT2D eigenvalue weighted by molar-refractivity contribution is 6.30. The van der Waals surface area contributed by atoms with Crippen molar-refractivity contribution < 1.29 is 14.3 Å². The van der Waals surface area contributed by atoms with E-state index in [0.717, 1.165) is 5.69 Å². The molecular weight excluding hydrogens is 354 g/mol. The van der Waals surface area contributed by atoms with E-state index in [2.05, 4.69) is 15.6 Å². The van der Waals surface area contributed by atoms with E-state index >= 15 is 0 Å². The number of halogens is 1. The van der Waals surface area contributed by atoms with Gasteiger partial charge in [0.1, 0.15) is 10.8 Å². The fraction of sp³-hybridized carbons (Fsp3) is 0.0526. The number of carbonyl (C=O) groups is 1. The Balaban J connectivity index is 1.59.